The molecule has 0 spiro atoms. The number of carbonyl (C=O) groups excluding carboxylic acids is 1. The first kappa shape index (κ1) is 22.2. The number of rotatable bonds is 12. The van der Waals surface area contributed by atoms with Crippen molar-refractivity contribution in [3.05, 3.63) is 24.3 Å². The van der Waals surface area contributed by atoms with E-state index in [1.165, 1.54) is 51.4 Å². The van der Waals surface area contributed by atoms with Gasteiger partial charge in [0.15, 0.2) is 0 Å². The Morgan fingerprint density at radius 1 is 1.00 bits per heavy atom. The van der Waals surface area contributed by atoms with E-state index < -0.39 is 5.60 Å². The fourth-order valence-electron chi connectivity index (χ4n) is 4.08. The zero-order chi connectivity index (χ0) is 19.6. The maximum atomic E-state index is 11.5. The first-order valence-corrected chi connectivity index (χ1v) is 10.9. The zero-order valence-electron chi connectivity index (χ0n) is 17.5. The summed E-state index contributed by atoms with van der Waals surface area (Å²) in [4.78, 5) is 22.7. The SMILES string of the molecule is CCCC=C/C=C/CCCCCCCC[C@@]1(C)C[C@]2(C)OC(=O)C[C@@H]2OO1. The van der Waals surface area contributed by atoms with Crippen molar-refractivity contribution in [3.63, 3.8) is 0 Å². The molecule has 2 rings (SSSR count). The molecule has 0 N–H and O–H groups in total. The molecule has 0 unspecified atom stereocenters. The van der Waals surface area contributed by atoms with E-state index in [2.05, 4.69) is 38.2 Å². The Morgan fingerprint density at radius 3 is 2.41 bits per heavy atom. The molecule has 0 amide bonds. The van der Waals surface area contributed by atoms with Crippen molar-refractivity contribution in [1.29, 1.82) is 0 Å². The third-order valence-corrected chi connectivity index (χ3v) is 5.64. The molecule has 154 valence electrons. The molecule has 0 aromatic heterocycles. The molecule has 3 atom stereocenters. The van der Waals surface area contributed by atoms with Crippen LogP contribution < -0.4 is 0 Å². The summed E-state index contributed by atoms with van der Waals surface area (Å²) in [6, 6.07) is 0. The molecular weight excluding hydrogens is 340 g/mol. The van der Waals surface area contributed by atoms with Gasteiger partial charge in [-0.15, -0.1) is 0 Å². The lowest BCUT2D eigenvalue weighted by molar-refractivity contribution is -0.428. The smallest absolute Gasteiger partial charge is 0.309 e. The summed E-state index contributed by atoms with van der Waals surface area (Å²) >= 11 is 0. The maximum Gasteiger partial charge on any atom is 0.309 e. The third-order valence-electron chi connectivity index (χ3n) is 5.64. The van der Waals surface area contributed by atoms with E-state index in [0.29, 0.717) is 6.42 Å². The van der Waals surface area contributed by atoms with Crippen molar-refractivity contribution in [2.75, 3.05) is 0 Å². The highest BCUT2D eigenvalue weighted by atomic mass is 17.2. The van der Waals surface area contributed by atoms with Gasteiger partial charge in [-0.3, -0.25) is 4.79 Å². The number of unbranched alkanes of at least 4 members (excludes halogenated alkanes) is 7. The standard InChI is InChI=1S/C23H38O4/c1-4-5-6-7-8-9-10-11-12-13-14-15-16-17-22(2)19-23(3)20(26-27-22)18-21(24)25-23/h6-9,20H,4-5,10-19H2,1-3H3/b7-6?,9-8+/t20-,22-,23-/m0/s1. The molecule has 0 radical (unpaired) electrons. The Labute approximate surface area is 165 Å². The van der Waals surface area contributed by atoms with Gasteiger partial charge in [-0.05, 0) is 39.5 Å². The zero-order valence-corrected chi connectivity index (χ0v) is 17.5. The van der Waals surface area contributed by atoms with Crippen LogP contribution >= 0.6 is 0 Å². The first-order chi connectivity index (χ1) is 13.0. The Hall–Kier alpha value is -1.13. The molecule has 2 fully saturated rings. The van der Waals surface area contributed by atoms with Gasteiger partial charge in [-0.2, -0.15) is 0 Å². The van der Waals surface area contributed by atoms with Crippen molar-refractivity contribution in [3.8, 4) is 0 Å². The molecule has 0 bridgehead atoms. The maximum absolute atomic E-state index is 11.5. The van der Waals surface area contributed by atoms with Crippen LogP contribution in [0.3, 0.4) is 0 Å². The summed E-state index contributed by atoms with van der Waals surface area (Å²) < 4.78 is 5.51. The highest BCUT2D eigenvalue weighted by molar-refractivity contribution is 5.73. The predicted octanol–water partition coefficient (Wildman–Crippen LogP) is 6.20. The number of allylic oxidation sites excluding steroid dienone is 4. The van der Waals surface area contributed by atoms with Crippen LogP contribution in [0.2, 0.25) is 0 Å². The highest BCUT2D eigenvalue weighted by Crippen LogP contribution is 2.44. The average Bonchev–Trinajstić information content (AvgIpc) is 2.91. The van der Waals surface area contributed by atoms with Gasteiger partial charge in [0.25, 0.3) is 0 Å². The lowest BCUT2D eigenvalue weighted by Crippen LogP contribution is -2.51. The van der Waals surface area contributed by atoms with Gasteiger partial charge in [0.05, 0.1) is 6.42 Å². The van der Waals surface area contributed by atoms with Crippen LogP contribution in [-0.4, -0.2) is 23.3 Å². The minimum Gasteiger partial charge on any atom is -0.456 e. The van der Waals surface area contributed by atoms with E-state index in [-0.39, 0.29) is 17.7 Å². The van der Waals surface area contributed by atoms with Gasteiger partial charge in [-0.25, -0.2) is 9.78 Å². The molecule has 2 aliphatic heterocycles. The van der Waals surface area contributed by atoms with E-state index in [1.807, 2.05) is 6.92 Å². The van der Waals surface area contributed by atoms with Gasteiger partial charge >= 0.3 is 5.97 Å². The van der Waals surface area contributed by atoms with Crippen LogP contribution in [0.5, 0.6) is 0 Å². The number of hydrogen-bond donors (Lipinski definition) is 0. The number of fused-ring (bicyclic) bond motifs is 1. The lowest BCUT2D eigenvalue weighted by Gasteiger charge is -2.43. The molecule has 0 aromatic rings. The lowest BCUT2D eigenvalue weighted by atomic mass is 9.82. The van der Waals surface area contributed by atoms with Gasteiger partial charge in [0, 0.05) is 6.42 Å². The minimum atomic E-state index is -0.524. The van der Waals surface area contributed by atoms with E-state index in [9.17, 15) is 4.79 Å². The molecule has 4 heteroatoms. The molecule has 2 heterocycles. The van der Waals surface area contributed by atoms with Crippen molar-refractivity contribution in [2.24, 2.45) is 0 Å². The summed E-state index contributed by atoms with van der Waals surface area (Å²) in [7, 11) is 0. The number of ether oxygens (including phenoxy) is 1. The van der Waals surface area contributed by atoms with Gasteiger partial charge in [0.1, 0.15) is 17.3 Å². The third kappa shape index (κ3) is 7.42. The Balaban J connectivity index is 1.50. The first-order valence-electron chi connectivity index (χ1n) is 10.9. The van der Waals surface area contributed by atoms with Gasteiger partial charge < -0.3 is 4.74 Å². The van der Waals surface area contributed by atoms with E-state index >= 15 is 0 Å². The van der Waals surface area contributed by atoms with Crippen LogP contribution in [-0.2, 0) is 19.3 Å². The van der Waals surface area contributed by atoms with Crippen LogP contribution in [0, 0.1) is 0 Å². The second-order valence-corrected chi connectivity index (χ2v) is 8.59. The Morgan fingerprint density at radius 2 is 1.67 bits per heavy atom. The molecule has 27 heavy (non-hydrogen) atoms. The number of carbonyl (C=O) groups is 1. The minimum absolute atomic E-state index is 0.179. The van der Waals surface area contributed by atoms with Crippen LogP contribution in [0.15, 0.2) is 24.3 Å². The summed E-state index contributed by atoms with van der Waals surface area (Å²) in [6.45, 7) is 6.24. The summed E-state index contributed by atoms with van der Waals surface area (Å²) in [5.74, 6) is -0.179. The molecular formula is C23H38O4. The van der Waals surface area contributed by atoms with Crippen LogP contribution in [0.25, 0.3) is 0 Å². The van der Waals surface area contributed by atoms with Crippen LogP contribution in [0.1, 0.15) is 97.8 Å². The van der Waals surface area contributed by atoms with E-state index in [4.69, 9.17) is 14.5 Å². The van der Waals surface area contributed by atoms with Gasteiger partial charge in [0.2, 0.25) is 0 Å². The van der Waals surface area contributed by atoms with Crippen molar-refractivity contribution in [2.45, 2.75) is 115 Å². The van der Waals surface area contributed by atoms with E-state index in [1.54, 1.807) is 0 Å². The fourth-order valence-corrected chi connectivity index (χ4v) is 4.08. The van der Waals surface area contributed by atoms with Gasteiger partial charge in [-0.1, -0.05) is 69.8 Å². The highest BCUT2D eigenvalue weighted by Gasteiger charge is 2.55. The second kappa shape index (κ2) is 11.0. The second-order valence-electron chi connectivity index (χ2n) is 8.59. The molecule has 2 aliphatic rings. The average molecular weight is 379 g/mol. The molecule has 0 saturated carbocycles. The monoisotopic (exact) mass is 378 g/mol. The van der Waals surface area contributed by atoms with E-state index in [0.717, 1.165) is 19.3 Å². The largest absolute Gasteiger partial charge is 0.456 e. The predicted molar refractivity (Wildman–Crippen MR) is 108 cm³/mol. The quantitative estimate of drug-likeness (QED) is 0.175. The Bertz CT molecular complexity index is 513. The number of esters is 1. The summed E-state index contributed by atoms with van der Waals surface area (Å²) in [6.07, 6.45) is 21.6. The van der Waals surface area contributed by atoms with Crippen molar-refractivity contribution in [1.82, 2.24) is 0 Å². The molecule has 4 nitrogen and oxygen atoms in total. The van der Waals surface area contributed by atoms with Crippen molar-refractivity contribution < 1.29 is 19.3 Å². The Kier molecular flexibility index (Phi) is 9.04. The summed E-state index contributed by atoms with van der Waals surface area (Å²) in [5.41, 5.74) is -0.880. The molecule has 0 aliphatic carbocycles. The molecule has 2 saturated heterocycles. The summed E-state index contributed by atoms with van der Waals surface area (Å²) in [5, 5.41) is 0. The van der Waals surface area contributed by atoms with Crippen LogP contribution in [0.4, 0.5) is 0 Å². The normalized spacial score (nSPS) is 30.9. The van der Waals surface area contributed by atoms with Crippen molar-refractivity contribution >= 4 is 5.97 Å². The number of hydrogen-bond acceptors (Lipinski definition) is 4. The molecule has 0 aromatic carbocycles. The topological polar surface area (TPSA) is 44.8 Å². The fraction of sp³-hybridized carbons (Fsp3) is 0.783.